The number of hydrazine groups is 1. The number of nitrogens with one attached hydrogen (secondary N) is 1. The second-order valence-corrected chi connectivity index (χ2v) is 4.97. The van der Waals surface area contributed by atoms with E-state index in [-0.39, 0.29) is 11.6 Å². The number of hydrogen-bond acceptors (Lipinski definition) is 4. The molecule has 1 aromatic rings. The van der Waals surface area contributed by atoms with Crippen LogP contribution in [0.2, 0.25) is 0 Å². The van der Waals surface area contributed by atoms with Crippen molar-refractivity contribution >= 4 is 0 Å². The van der Waals surface area contributed by atoms with Crippen molar-refractivity contribution in [3.8, 4) is 5.75 Å². The SMILES string of the molecule is COc1ccc(C)cc1C(NN)C1(OC)CCC1. The van der Waals surface area contributed by atoms with Gasteiger partial charge in [0.15, 0.2) is 0 Å². The molecule has 4 nitrogen and oxygen atoms in total. The number of methoxy groups -OCH3 is 2. The number of hydrogen-bond donors (Lipinski definition) is 2. The van der Waals surface area contributed by atoms with Crippen LogP contribution in [0.25, 0.3) is 0 Å². The maximum absolute atomic E-state index is 5.76. The van der Waals surface area contributed by atoms with Gasteiger partial charge in [0.1, 0.15) is 5.75 Å². The van der Waals surface area contributed by atoms with Crippen LogP contribution in [-0.4, -0.2) is 19.8 Å². The van der Waals surface area contributed by atoms with Crippen molar-refractivity contribution in [2.45, 2.75) is 37.8 Å². The van der Waals surface area contributed by atoms with E-state index in [1.54, 1.807) is 14.2 Å². The van der Waals surface area contributed by atoms with E-state index < -0.39 is 0 Å². The molecule has 0 saturated heterocycles. The summed E-state index contributed by atoms with van der Waals surface area (Å²) in [5.41, 5.74) is 4.97. The molecule has 0 radical (unpaired) electrons. The Morgan fingerprint density at radius 3 is 2.50 bits per heavy atom. The summed E-state index contributed by atoms with van der Waals surface area (Å²) in [7, 11) is 3.44. The zero-order valence-electron chi connectivity index (χ0n) is 11.3. The van der Waals surface area contributed by atoms with Gasteiger partial charge in [0.05, 0.1) is 18.8 Å². The summed E-state index contributed by atoms with van der Waals surface area (Å²) in [6.07, 6.45) is 3.23. The Morgan fingerprint density at radius 2 is 2.06 bits per heavy atom. The van der Waals surface area contributed by atoms with Crippen LogP contribution in [0.5, 0.6) is 5.75 Å². The van der Waals surface area contributed by atoms with Crippen LogP contribution in [0, 0.1) is 6.92 Å². The second-order valence-electron chi connectivity index (χ2n) is 4.97. The highest BCUT2D eigenvalue weighted by atomic mass is 16.5. The smallest absolute Gasteiger partial charge is 0.123 e. The molecule has 0 spiro atoms. The molecule has 1 unspecified atom stereocenters. The first-order chi connectivity index (χ1) is 8.66. The van der Waals surface area contributed by atoms with Gasteiger partial charge in [-0.2, -0.15) is 0 Å². The molecular weight excluding hydrogens is 228 g/mol. The Hall–Kier alpha value is -1.10. The van der Waals surface area contributed by atoms with E-state index in [9.17, 15) is 0 Å². The summed E-state index contributed by atoms with van der Waals surface area (Å²) in [5, 5.41) is 0. The minimum atomic E-state index is -0.199. The number of aryl methyl sites for hydroxylation is 1. The van der Waals surface area contributed by atoms with Crippen LogP contribution in [-0.2, 0) is 4.74 Å². The van der Waals surface area contributed by atoms with Gasteiger partial charge < -0.3 is 9.47 Å². The number of benzene rings is 1. The van der Waals surface area contributed by atoms with Gasteiger partial charge in [-0.05, 0) is 32.3 Å². The Kier molecular flexibility index (Phi) is 3.90. The fourth-order valence-electron chi connectivity index (χ4n) is 2.74. The zero-order chi connectivity index (χ0) is 13.2. The Labute approximate surface area is 108 Å². The summed E-state index contributed by atoms with van der Waals surface area (Å²) in [6, 6.07) is 6.10. The molecule has 1 aliphatic rings. The summed E-state index contributed by atoms with van der Waals surface area (Å²) in [6.45, 7) is 2.07. The number of nitrogens with two attached hydrogens (primary N) is 1. The number of rotatable bonds is 5. The molecule has 4 heteroatoms. The average molecular weight is 250 g/mol. The van der Waals surface area contributed by atoms with Crippen molar-refractivity contribution in [2.24, 2.45) is 5.84 Å². The van der Waals surface area contributed by atoms with Crippen molar-refractivity contribution in [1.82, 2.24) is 5.43 Å². The van der Waals surface area contributed by atoms with Crippen LogP contribution < -0.4 is 16.0 Å². The van der Waals surface area contributed by atoms with Gasteiger partial charge in [0.2, 0.25) is 0 Å². The first-order valence-electron chi connectivity index (χ1n) is 6.32. The highest BCUT2D eigenvalue weighted by Gasteiger charge is 2.45. The maximum Gasteiger partial charge on any atom is 0.123 e. The van der Waals surface area contributed by atoms with Crippen molar-refractivity contribution in [1.29, 1.82) is 0 Å². The Morgan fingerprint density at radius 1 is 1.33 bits per heavy atom. The van der Waals surface area contributed by atoms with Gasteiger partial charge in [0, 0.05) is 12.7 Å². The lowest BCUT2D eigenvalue weighted by molar-refractivity contribution is -0.100. The molecule has 1 fully saturated rings. The Bertz CT molecular complexity index is 411. The van der Waals surface area contributed by atoms with Crippen molar-refractivity contribution in [3.05, 3.63) is 29.3 Å². The van der Waals surface area contributed by atoms with Gasteiger partial charge in [-0.15, -0.1) is 0 Å². The highest BCUT2D eigenvalue weighted by Crippen LogP contribution is 2.46. The molecule has 1 aromatic carbocycles. The summed E-state index contributed by atoms with van der Waals surface area (Å²) < 4.78 is 11.2. The van der Waals surface area contributed by atoms with E-state index in [2.05, 4.69) is 18.4 Å². The predicted molar refractivity (Wildman–Crippen MR) is 71.4 cm³/mol. The third-order valence-corrected chi connectivity index (χ3v) is 4.00. The molecular formula is C14H22N2O2. The van der Waals surface area contributed by atoms with E-state index >= 15 is 0 Å². The van der Waals surface area contributed by atoms with Crippen LogP contribution in [0.3, 0.4) is 0 Å². The predicted octanol–water partition coefficient (Wildman–Crippen LogP) is 2.08. The molecule has 18 heavy (non-hydrogen) atoms. The van der Waals surface area contributed by atoms with Gasteiger partial charge in [-0.25, -0.2) is 5.43 Å². The van der Waals surface area contributed by atoms with Crippen molar-refractivity contribution < 1.29 is 9.47 Å². The largest absolute Gasteiger partial charge is 0.496 e. The first-order valence-corrected chi connectivity index (χ1v) is 6.32. The molecule has 2 rings (SSSR count). The van der Waals surface area contributed by atoms with E-state index in [0.29, 0.717) is 0 Å². The van der Waals surface area contributed by atoms with Gasteiger partial charge in [-0.1, -0.05) is 17.7 Å². The lowest BCUT2D eigenvalue weighted by Crippen LogP contribution is -2.52. The van der Waals surface area contributed by atoms with Gasteiger partial charge in [-0.3, -0.25) is 5.84 Å². The zero-order valence-corrected chi connectivity index (χ0v) is 11.3. The van der Waals surface area contributed by atoms with E-state index in [4.69, 9.17) is 15.3 Å². The quantitative estimate of drug-likeness (QED) is 0.620. The molecule has 0 aromatic heterocycles. The fourth-order valence-corrected chi connectivity index (χ4v) is 2.74. The third kappa shape index (κ3) is 2.11. The van der Waals surface area contributed by atoms with E-state index in [0.717, 1.165) is 24.2 Å². The van der Waals surface area contributed by atoms with E-state index in [1.807, 2.05) is 12.1 Å². The normalized spacial score (nSPS) is 19.1. The summed E-state index contributed by atoms with van der Waals surface area (Å²) in [5.74, 6) is 6.62. The maximum atomic E-state index is 5.76. The molecule has 3 N–H and O–H groups in total. The second kappa shape index (κ2) is 5.26. The lowest BCUT2D eigenvalue weighted by atomic mass is 9.72. The van der Waals surface area contributed by atoms with Gasteiger partial charge >= 0.3 is 0 Å². The van der Waals surface area contributed by atoms with Crippen LogP contribution in [0.4, 0.5) is 0 Å². The molecule has 1 atom stereocenters. The molecule has 0 amide bonds. The molecule has 0 bridgehead atoms. The monoisotopic (exact) mass is 250 g/mol. The fraction of sp³-hybridized carbons (Fsp3) is 0.571. The van der Waals surface area contributed by atoms with Crippen molar-refractivity contribution in [3.63, 3.8) is 0 Å². The van der Waals surface area contributed by atoms with Crippen molar-refractivity contribution in [2.75, 3.05) is 14.2 Å². The minimum Gasteiger partial charge on any atom is -0.496 e. The molecule has 0 heterocycles. The molecule has 1 aliphatic carbocycles. The third-order valence-electron chi connectivity index (χ3n) is 4.00. The Balaban J connectivity index is 2.40. The standard InChI is InChI=1S/C14H22N2O2/c1-10-5-6-12(17-2)11(9-10)13(16-15)14(18-3)7-4-8-14/h5-6,9,13,16H,4,7-8,15H2,1-3H3. The summed E-state index contributed by atoms with van der Waals surface area (Å²) in [4.78, 5) is 0. The minimum absolute atomic E-state index is 0.0360. The molecule has 0 aliphatic heterocycles. The average Bonchev–Trinajstić information content (AvgIpc) is 2.33. The van der Waals surface area contributed by atoms with Gasteiger partial charge in [0.25, 0.3) is 0 Å². The van der Waals surface area contributed by atoms with Crippen LogP contribution in [0.15, 0.2) is 18.2 Å². The molecule has 1 saturated carbocycles. The van der Waals surface area contributed by atoms with Crippen LogP contribution in [0.1, 0.15) is 36.4 Å². The topological polar surface area (TPSA) is 56.5 Å². The highest BCUT2D eigenvalue weighted by molar-refractivity contribution is 5.41. The number of ether oxygens (including phenoxy) is 2. The van der Waals surface area contributed by atoms with Crippen LogP contribution >= 0.6 is 0 Å². The summed E-state index contributed by atoms with van der Waals surface area (Å²) >= 11 is 0. The first kappa shape index (κ1) is 13.3. The van der Waals surface area contributed by atoms with E-state index in [1.165, 1.54) is 12.0 Å². The lowest BCUT2D eigenvalue weighted by Gasteiger charge is -2.46. The molecule has 100 valence electrons.